The molecule has 150 valence electrons. The molecular formula is C20H19N3O5S. The minimum Gasteiger partial charge on any atom is -0.493 e. The molecule has 1 N–H and O–H groups in total. The van der Waals surface area contributed by atoms with Gasteiger partial charge in [-0.05, 0) is 31.2 Å². The molecule has 4 rings (SSSR count). The first-order valence-corrected chi connectivity index (χ1v) is 9.69. The number of thiazole rings is 1. The van der Waals surface area contributed by atoms with Crippen LogP contribution in [0.5, 0.6) is 11.5 Å². The Balaban J connectivity index is 1.59. The third-order valence-electron chi connectivity index (χ3n) is 4.79. The number of imide groups is 1. The van der Waals surface area contributed by atoms with Crippen molar-refractivity contribution in [3.8, 4) is 22.1 Å². The summed E-state index contributed by atoms with van der Waals surface area (Å²) in [4.78, 5) is 31.1. The highest BCUT2D eigenvalue weighted by molar-refractivity contribution is 7.13. The van der Waals surface area contributed by atoms with E-state index in [1.807, 2.05) is 17.5 Å². The minimum absolute atomic E-state index is 0.0593. The summed E-state index contributed by atoms with van der Waals surface area (Å²) in [6.07, 6.45) is 1.47. The number of hydrogen-bond donors (Lipinski definition) is 1. The standard InChI is InChI=1S/C20H19N3O5S/c1-20(15-8-5-9-28-15)18(24)23(19(25)22-20)10-12-11-29-17(21-12)13-6-4-7-14(26-2)16(13)27-3/h4-9,11H,10H2,1-3H3,(H,22,25)/t20-/m1/s1. The molecule has 1 saturated heterocycles. The van der Waals surface area contributed by atoms with Crippen molar-refractivity contribution >= 4 is 23.3 Å². The normalized spacial score (nSPS) is 18.8. The van der Waals surface area contributed by atoms with Crippen molar-refractivity contribution in [2.45, 2.75) is 19.0 Å². The molecule has 3 heterocycles. The predicted octanol–water partition coefficient (Wildman–Crippen LogP) is 3.39. The number of benzene rings is 1. The molecule has 0 unspecified atom stereocenters. The summed E-state index contributed by atoms with van der Waals surface area (Å²) in [5.74, 6) is 1.19. The van der Waals surface area contributed by atoms with Gasteiger partial charge in [-0.15, -0.1) is 11.3 Å². The molecule has 3 amide bonds. The summed E-state index contributed by atoms with van der Waals surface area (Å²) in [5.41, 5.74) is 0.151. The molecule has 1 aromatic carbocycles. The van der Waals surface area contributed by atoms with E-state index in [4.69, 9.17) is 13.9 Å². The summed E-state index contributed by atoms with van der Waals surface area (Å²) in [6.45, 7) is 1.68. The lowest BCUT2D eigenvalue weighted by atomic mass is 9.99. The van der Waals surface area contributed by atoms with E-state index < -0.39 is 11.6 Å². The fourth-order valence-corrected chi connectivity index (χ4v) is 4.12. The maximum Gasteiger partial charge on any atom is 0.325 e. The number of methoxy groups -OCH3 is 2. The van der Waals surface area contributed by atoms with Crippen LogP contribution < -0.4 is 14.8 Å². The van der Waals surface area contributed by atoms with Crippen LogP contribution in [0.15, 0.2) is 46.4 Å². The van der Waals surface area contributed by atoms with Crippen LogP contribution in [0.4, 0.5) is 4.79 Å². The Morgan fingerprint density at radius 3 is 2.72 bits per heavy atom. The molecule has 1 aliphatic rings. The van der Waals surface area contributed by atoms with Crippen LogP contribution in [-0.4, -0.2) is 36.0 Å². The molecule has 1 aliphatic heterocycles. The topological polar surface area (TPSA) is 93.9 Å². The number of ether oxygens (including phenoxy) is 2. The van der Waals surface area contributed by atoms with E-state index in [9.17, 15) is 9.59 Å². The molecule has 3 aromatic rings. The third-order valence-corrected chi connectivity index (χ3v) is 5.72. The number of aromatic nitrogens is 1. The van der Waals surface area contributed by atoms with Gasteiger partial charge in [0, 0.05) is 5.38 Å². The van der Waals surface area contributed by atoms with E-state index in [-0.39, 0.29) is 12.5 Å². The number of para-hydroxylation sites is 1. The van der Waals surface area contributed by atoms with Crippen molar-refractivity contribution in [2.75, 3.05) is 14.2 Å². The van der Waals surface area contributed by atoms with E-state index in [1.54, 1.807) is 39.3 Å². The van der Waals surface area contributed by atoms with Crippen molar-refractivity contribution in [3.63, 3.8) is 0 Å². The zero-order chi connectivity index (χ0) is 20.6. The zero-order valence-corrected chi connectivity index (χ0v) is 16.9. The number of carbonyl (C=O) groups excluding carboxylic acids is 2. The Morgan fingerprint density at radius 1 is 1.21 bits per heavy atom. The second-order valence-corrected chi connectivity index (χ2v) is 7.47. The number of hydrogen-bond acceptors (Lipinski definition) is 7. The Hall–Kier alpha value is -3.33. The second kappa shape index (κ2) is 7.25. The predicted molar refractivity (Wildman–Crippen MR) is 106 cm³/mol. The molecular weight excluding hydrogens is 394 g/mol. The van der Waals surface area contributed by atoms with Gasteiger partial charge < -0.3 is 19.2 Å². The van der Waals surface area contributed by atoms with E-state index in [1.165, 1.54) is 17.6 Å². The third kappa shape index (κ3) is 3.13. The van der Waals surface area contributed by atoms with Gasteiger partial charge in [0.25, 0.3) is 5.91 Å². The molecule has 8 nitrogen and oxygen atoms in total. The van der Waals surface area contributed by atoms with E-state index in [0.717, 1.165) is 10.5 Å². The van der Waals surface area contributed by atoms with Crippen LogP contribution >= 0.6 is 11.3 Å². The number of nitrogens with zero attached hydrogens (tertiary/aromatic N) is 2. The number of amides is 3. The Bertz CT molecular complexity index is 1060. The van der Waals surface area contributed by atoms with Crippen LogP contribution in [0.3, 0.4) is 0 Å². The molecule has 2 aromatic heterocycles. The average molecular weight is 413 g/mol. The highest BCUT2D eigenvalue weighted by Crippen LogP contribution is 2.39. The molecule has 1 fully saturated rings. The van der Waals surface area contributed by atoms with Gasteiger partial charge in [0.1, 0.15) is 10.8 Å². The molecule has 0 aliphatic carbocycles. The number of nitrogens with one attached hydrogen (secondary N) is 1. The van der Waals surface area contributed by atoms with Gasteiger partial charge in [-0.3, -0.25) is 9.69 Å². The summed E-state index contributed by atoms with van der Waals surface area (Å²) in [6, 6.07) is 8.39. The van der Waals surface area contributed by atoms with Crippen molar-refractivity contribution < 1.29 is 23.5 Å². The molecule has 1 atom stereocenters. The smallest absolute Gasteiger partial charge is 0.325 e. The SMILES string of the molecule is COc1cccc(-c2nc(CN3C(=O)N[C@](C)(c4ccco4)C3=O)cs2)c1OC. The van der Waals surface area contributed by atoms with Crippen molar-refractivity contribution in [2.24, 2.45) is 0 Å². The second-order valence-electron chi connectivity index (χ2n) is 6.61. The van der Waals surface area contributed by atoms with Crippen LogP contribution in [0.25, 0.3) is 10.6 Å². The van der Waals surface area contributed by atoms with E-state index in [2.05, 4.69) is 10.3 Å². The van der Waals surface area contributed by atoms with Gasteiger partial charge in [0.05, 0.1) is 38.3 Å². The lowest BCUT2D eigenvalue weighted by molar-refractivity contribution is -0.132. The van der Waals surface area contributed by atoms with Crippen LogP contribution in [0.1, 0.15) is 18.4 Å². The monoisotopic (exact) mass is 413 g/mol. The maximum atomic E-state index is 12.9. The number of urea groups is 1. The first-order chi connectivity index (χ1) is 14.0. The number of carbonyl (C=O) groups is 2. The lowest BCUT2D eigenvalue weighted by Crippen LogP contribution is -2.40. The number of rotatable bonds is 6. The van der Waals surface area contributed by atoms with Crippen LogP contribution in [0, 0.1) is 0 Å². The minimum atomic E-state index is -1.23. The Morgan fingerprint density at radius 2 is 2.03 bits per heavy atom. The van der Waals surface area contributed by atoms with Gasteiger partial charge in [-0.1, -0.05) is 6.07 Å². The summed E-state index contributed by atoms with van der Waals surface area (Å²) < 4.78 is 16.2. The molecule has 0 bridgehead atoms. The van der Waals surface area contributed by atoms with Crippen LogP contribution in [-0.2, 0) is 16.9 Å². The van der Waals surface area contributed by atoms with Gasteiger partial charge in [-0.25, -0.2) is 9.78 Å². The van der Waals surface area contributed by atoms with Crippen molar-refractivity contribution in [1.82, 2.24) is 15.2 Å². The van der Waals surface area contributed by atoms with E-state index in [0.29, 0.717) is 28.0 Å². The van der Waals surface area contributed by atoms with Gasteiger partial charge >= 0.3 is 6.03 Å². The van der Waals surface area contributed by atoms with Gasteiger partial charge in [-0.2, -0.15) is 0 Å². The Kier molecular flexibility index (Phi) is 4.75. The molecule has 0 spiro atoms. The zero-order valence-electron chi connectivity index (χ0n) is 16.1. The van der Waals surface area contributed by atoms with Gasteiger partial charge in [0.2, 0.25) is 0 Å². The largest absolute Gasteiger partial charge is 0.493 e. The number of furan rings is 1. The summed E-state index contributed by atoms with van der Waals surface area (Å²) in [7, 11) is 3.14. The highest BCUT2D eigenvalue weighted by Gasteiger charge is 2.51. The fraction of sp³-hybridized carbons (Fsp3) is 0.250. The summed E-state index contributed by atoms with van der Waals surface area (Å²) >= 11 is 1.40. The molecule has 29 heavy (non-hydrogen) atoms. The van der Waals surface area contributed by atoms with Crippen molar-refractivity contribution in [1.29, 1.82) is 0 Å². The first-order valence-electron chi connectivity index (χ1n) is 8.81. The first kappa shape index (κ1) is 19.0. The molecule has 9 heteroatoms. The van der Waals surface area contributed by atoms with E-state index >= 15 is 0 Å². The van der Waals surface area contributed by atoms with Crippen LogP contribution in [0.2, 0.25) is 0 Å². The molecule has 0 radical (unpaired) electrons. The highest BCUT2D eigenvalue weighted by atomic mass is 32.1. The maximum absolute atomic E-state index is 12.9. The fourth-order valence-electron chi connectivity index (χ4n) is 3.29. The average Bonchev–Trinajstić information content (AvgIpc) is 3.46. The summed E-state index contributed by atoms with van der Waals surface area (Å²) in [5, 5.41) is 5.23. The quantitative estimate of drug-likeness (QED) is 0.623. The van der Waals surface area contributed by atoms with Crippen molar-refractivity contribution in [3.05, 3.63) is 53.4 Å². The Labute approximate surface area is 171 Å². The molecule has 0 saturated carbocycles. The van der Waals surface area contributed by atoms with Gasteiger partial charge in [0.15, 0.2) is 17.0 Å². The lowest BCUT2D eigenvalue weighted by Gasteiger charge is -2.18.